The van der Waals surface area contributed by atoms with E-state index in [0.717, 1.165) is 41.7 Å². The van der Waals surface area contributed by atoms with Crippen molar-refractivity contribution in [2.24, 2.45) is 0 Å². The lowest BCUT2D eigenvalue weighted by Gasteiger charge is -2.28. The van der Waals surface area contributed by atoms with Crippen LogP contribution in [0.1, 0.15) is 35.6 Å². The summed E-state index contributed by atoms with van der Waals surface area (Å²) in [7, 11) is -3.77. The minimum Gasteiger partial charge on any atom is -0.348 e. The summed E-state index contributed by atoms with van der Waals surface area (Å²) < 4.78 is 28.4. The summed E-state index contributed by atoms with van der Waals surface area (Å²) in [6, 6.07) is 19.8. The van der Waals surface area contributed by atoms with Gasteiger partial charge >= 0.3 is 0 Å². The number of amides is 1. The third-order valence-electron chi connectivity index (χ3n) is 5.34. The van der Waals surface area contributed by atoms with Gasteiger partial charge in [-0.05, 0) is 53.8 Å². The fraction of sp³-hybridized carbons (Fsp3) is 0.261. The van der Waals surface area contributed by atoms with Crippen LogP contribution in [-0.2, 0) is 27.7 Å². The van der Waals surface area contributed by atoms with E-state index in [9.17, 15) is 13.2 Å². The Bertz CT molecular complexity index is 1100. The molecule has 2 aromatic carbocycles. The number of carbonyl (C=O) groups excluding carboxylic acids is 1. The Labute approximate surface area is 181 Å². The van der Waals surface area contributed by atoms with E-state index in [2.05, 4.69) is 16.1 Å². The SMILES string of the molecule is O=C(N[C@@H]1CCCc2ccccc21)[C@H](Cc1ccccc1)NS(=O)(=O)c1cccs1. The summed E-state index contributed by atoms with van der Waals surface area (Å²) in [5, 5.41) is 4.81. The molecule has 156 valence electrons. The molecule has 1 heterocycles. The molecule has 0 unspecified atom stereocenters. The minimum absolute atomic E-state index is 0.105. The number of benzene rings is 2. The van der Waals surface area contributed by atoms with Crippen LogP contribution in [-0.4, -0.2) is 20.4 Å². The van der Waals surface area contributed by atoms with E-state index in [1.807, 2.05) is 48.5 Å². The molecule has 1 aliphatic carbocycles. The Morgan fingerprint density at radius 2 is 1.80 bits per heavy atom. The number of nitrogens with one attached hydrogen (secondary N) is 2. The third-order valence-corrected chi connectivity index (χ3v) is 8.21. The molecule has 3 aromatic rings. The molecular weight excluding hydrogens is 416 g/mol. The van der Waals surface area contributed by atoms with Gasteiger partial charge < -0.3 is 5.32 Å². The zero-order chi connectivity index (χ0) is 21.0. The van der Waals surface area contributed by atoms with Crippen molar-refractivity contribution in [3.8, 4) is 0 Å². The highest BCUT2D eigenvalue weighted by molar-refractivity contribution is 7.91. The Hall–Kier alpha value is -2.48. The number of rotatable bonds is 7. The summed E-state index contributed by atoms with van der Waals surface area (Å²) in [4.78, 5) is 13.2. The van der Waals surface area contributed by atoms with Crippen molar-refractivity contribution in [3.05, 3.63) is 88.8 Å². The van der Waals surface area contributed by atoms with Crippen molar-refractivity contribution >= 4 is 27.3 Å². The van der Waals surface area contributed by atoms with Crippen LogP contribution < -0.4 is 10.0 Å². The van der Waals surface area contributed by atoms with Crippen molar-refractivity contribution in [1.82, 2.24) is 10.0 Å². The molecule has 0 aliphatic heterocycles. The zero-order valence-corrected chi connectivity index (χ0v) is 18.1. The molecule has 30 heavy (non-hydrogen) atoms. The van der Waals surface area contributed by atoms with Crippen molar-refractivity contribution in [2.45, 2.75) is 42.0 Å². The van der Waals surface area contributed by atoms with E-state index in [4.69, 9.17) is 0 Å². The van der Waals surface area contributed by atoms with Crippen molar-refractivity contribution < 1.29 is 13.2 Å². The maximum absolute atomic E-state index is 13.2. The normalized spacial score (nSPS) is 17.1. The maximum Gasteiger partial charge on any atom is 0.250 e. The first kappa shape index (κ1) is 20.8. The lowest BCUT2D eigenvalue weighted by atomic mass is 9.87. The second-order valence-corrected chi connectivity index (χ2v) is 10.3. The van der Waals surface area contributed by atoms with E-state index < -0.39 is 16.1 Å². The summed E-state index contributed by atoms with van der Waals surface area (Å²) in [6.07, 6.45) is 3.12. The Kier molecular flexibility index (Phi) is 6.32. The molecule has 0 bridgehead atoms. The summed E-state index contributed by atoms with van der Waals surface area (Å²) in [6.45, 7) is 0. The maximum atomic E-state index is 13.2. The zero-order valence-electron chi connectivity index (χ0n) is 16.5. The van der Waals surface area contributed by atoms with Crippen LogP contribution in [0.5, 0.6) is 0 Å². The van der Waals surface area contributed by atoms with Crippen LogP contribution in [0, 0.1) is 0 Å². The molecule has 0 radical (unpaired) electrons. The van der Waals surface area contributed by atoms with Crippen molar-refractivity contribution in [1.29, 1.82) is 0 Å². The van der Waals surface area contributed by atoms with E-state index in [1.165, 1.54) is 5.56 Å². The number of aryl methyl sites for hydroxylation is 1. The predicted molar refractivity (Wildman–Crippen MR) is 119 cm³/mol. The molecule has 5 nitrogen and oxygen atoms in total. The van der Waals surface area contributed by atoms with Gasteiger partial charge in [-0.3, -0.25) is 4.79 Å². The van der Waals surface area contributed by atoms with Crippen LogP contribution in [0.15, 0.2) is 76.3 Å². The average molecular weight is 441 g/mol. The number of fused-ring (bicyclic) bond motifs is 1. The summed E-state index contributed by atoms with van der Waals surface area (Å²) in [5.74, 6) is -0.305. The van der Waals surface area contributed by atoms with Crippen LogP contribution in [0.4, 0.5) is 0 Å². The van der Waals surface area contributed by atoms with Gasteiger partial charge in [-0.2, -0.15) is 4.72 Å². The summed E-state index contributed by atoms with van der Waals surface area (Å²) >= 11 is 1.13. The topological polar surface area (TPSA) is 75.3 Å². The fourth-order valence-electron chi connectivity index (χ4n) is 3.88. The van der Waals surface area contributed by atoms with Gasteiger partial charge in [0.25, 0.3) is 10.0 Å². The monoisotopic (exact) mass is 440 g/mol. The van der Waals surface area contributed by atoms with Gasteiger partial charge in [0.1, 0.15) is 10.3 Å². The molecule has 0 fully saturated rings. The third kappa shape index (κ3) is 4.80. The summed E-state index contributed by atoms with van der Waals surface area (Å²) in [5.41, 5.74) is 3.26. The first-order chi connectivity index (χ1) is 14.5. The molecule has 1 amide bonds. The molecule has 4 rings (SSSR count). The van der Waals surface area contributed by atoms with Crippen molar-refractivity contribution in [3.63, 3.8) is 0 Å². The predicted octanol–water partition coefficient (Wildman–Crippen LogP) is 3.83. The van der Waals surface area contributed by atoms with Crippen molar-refractivity contribution in [2.75, 3.05) is 0 Å². The van der Waals surface area contributed by atoms with Gasteiger partial charge in [0.15, 0.2) is 0 Å². The van der Waals surface area contributed by atoms with E-state index in [0.29, 0.717) is 0 Å². The Morgan fingerprint density at radius 3 is 2.57 bits per heavy atom. The van der Waals surface area contributed by atoms with Gasteiger partial charge in [0.2, 0.25) is 5.91 Å². The van der Waals surface area contributed by atoms with Crippen LogP contribution in [0.2, 0.25) is 0 Å². The molecular formula is C23H24N2O3S2. The van der Waals surface area contributed by atoms with Crippen LogP contribution >= 0.6 is 11.3 Å². The second-order valence-electron chi connectivity index (χ2n) is 7.45. The van der Waals surface area contributed by atoms with Gasteiger partial charge in [-0.15, -0.1) is 11.3 Å². The van der Waals surface area contributed by atoms with Gasteiger partial charge in [0.05, 0.1) is 6.04 Å². The molecule has 2 N–H and O–H groups in total. The number of thiophene rings is 1. The molecule has 0 spiro atoms. The quantitative estimate of drug-likeness (QED) is 0.586. The van der Waals surface area contributed by atoms with Gasteiger partial charge in [-0.25, -0.2) is 8.42 Å². The number of hydrogen-bond acceptors (Lipinski definition) is 4. The van der Waals surface area contributed by atoms with Crippen LogP contribution in [0.3, 0.4) is 0 Å². The Balaban J connectivity index is 1.57. The van der Waals surface area contributed by atoms with E-state index in [-0.39, 0.29) is 22.6 Å². The van der Waals surface area contributed by atoms with E-state index >= 15 is 0 Å². The first-order valence-corrected chi connectivity index (χ1v) is 12.4. The van der Waals surface area contributed by atoms with Gasteiger partial charge in [0, 0.05) is 0 Å². The smallest absolute Gasteiger partial charge is 0.250 e. The molecule has 1 aromatic heterocycles. The second kappa shape index (κ2) is 9.12. The largest absolute Gasteiger partial charge is 0.348 e. The number of carbonyl (C=O) groups is 1. The number of sulfonamides is 1. The van der Waals surface area contributed by atoms with Crippen LogP contribution in [0.25, 0.3) is 0 Å². The highest BCUT2D eigenvalue weighted by Crippen LogP contribution is 2.29. The first-order valence-electron chi connectivity index (χ1n) is 10.0. The minimum atomic E-state index is -3.77. The Morgan fingerprint density at radius 1 is 1.03 bits per heavy atom. The molecule has 0 saturated heterocycles. The molecule has 1 aliphatic rings. The van der Waals surface area contributed by atoms with E-state index in [1.54, 1.807) is 17.5 Å². The molecule has 7 heteroatoms. The lowest BCUT2D eigenvalue weighted by Crippen LogP contribution is -2.49. The lowest BCUT2D eigenvalue weighted by molar-refractivity contribution is -0.123. The molecule has 0 saturated carbocycles. The fourth-order valence-corrected chi connectivity index (χ4v) is 6.08. The molecule has 2 atom stereocenters. The highest BCUT2D eigenvalue weighted by atomic mass is 32.2. The highest BCUT2D eigenvalue weighted by Gasteiger charge is 2.29. The van der Waals surface area contributed by atoms with Gasteiger partial charge in [-0.1, -0.05) is 60.7 Å². The number of hydrogen-bond donors (Lipinski definition) is 2. The standard InChI is InChI=1S/C23H24N2O3S2/c26-23(24-20-13-6-11-18-10-4-5-12-19(18)20)21(16-17-8-2-1-3-9-17)25-30(27,28)22-14-7-15-29-22/h1-5,7-10,12,14-15,20-21,25H,6,11,13,16H2,(H,24,26)/t20-,21+/m1/s1. The average Bonchev–Trinajstić information content (AvgIpc) is 3.30.